The summed E-state index contributed by atoms with van der Waals surface area (Å²) in [6, 6.07) is 3.16. The second kappa shape index (κ2) is 4.61. The Bertz CT molecular complexity index is 620. The van der Waals surface area contributed by atoms with E-state index in [0.29, 0.717) is 22.6 Å². The summed E-state index contributed by atoms with van der Waals surface area (Å²) in [6.45, 7) is 1.73. The van der Waals surface area contributed by atoms with Crippen molar-refractivity contribution in [3.8, 4) is 10.6 Å². The molecule has 0 aliphatic rings. The Hall–Kier alpha value is -1.96. The van der Waals surface area contributed by atoms with Gasteiger partial charge in [-0.25, -0.2) is 9.78 Å². The Morgan fingerprint density at radius 3 is 2.47 bits per heavy atom. The highest BCUT2D eigenvalue weighted by Gasteiger charge is 2.39. The minimum Gasteiger partial charge on any atom is -0.477 e. The Kier molecular flexibility index (Phi) is 3.27. The second-order valence-electron chi connectivity index (χ2n) is 3.69. The van der Waals surface area contributed by atoms with Gasteiger partial charge in [0, 0.05) is 17.5 Å². The van der Waals surface area contributed by atoms with Gasteiger partial charge in [0.2, 0.25) is 0 Å². The first-order valence-electron chi connectivity index (χ1n) is 5.03. The van der Waals surface area contributed by atoms with Gasteiger partial charge in [0.05, 0.1) is 0 Å². The van der Waals surface area contributed by atoms with E-state index in [4.69, 9.17) is 5.11 Å². The Labute approximate surface area is 109 Å². The highest BCUT2D eigenvalue weighted by Crippen LogP contribution is 2.37. The summed E-state index contributed by atoms with van der Waals surface area (Å²) in [6.07, 6.45) is -3.43. The summed E-state index contributed by atoms with van der Waals surface area (Å²) < 4.78 is 38.0. The predicted molar refractivity (Wildman–Crippen MR) is 62.0 cm³/mol. The van der Waals surface area contributed by atoms with E-state index < -0.39 is 22.7 Å². The third-order valence-electron chi connectivity index (χ3n) is 2.25. The molecule has 0 saturated carbocycles. The van der Waals surface area contributed by atoms with Crippen molar-refractivity contribution in [3.05, 3.63) is 34.6 Å². The van der Waals surface area contributed by atoms with Crippen LogP contribution in [0.25, 0.3) is 10.6 Å². The largest absolute Gasteiger partial charge is 0.477 e. The molecule has 8 heteroatoms. The van der Waals surface area contributed by atoms with Crippen molar-refractivity contribution < 1.29 is 23.1 Å². The van der Waals surface area contributed by atoms with Crippen molar-refractivity contribution >= 4 is 17.3 Å². The fourth-order valence-electron chi connectivity index (χ4n) is 1.38. The van der Waals surface area contributed by atoms with Gasteiger partial charge in [-0.05, 0) is 19.1 Å². The van der Waals surface area contributed by atoms with Crippen molar-refractivity contribution in [2.75, 3.05) is 0 Å². The van der Waals surface area contributed by atoms with E-state index >= 15 is 0 Å². The summed E-state index contributed by atoms with van der Waals surface area (Å²) in [7, 11) is 0. The molecule has 0 spiro atoms. The van der Waals surface area contributed by atoms with Crippen molar-refractivity contribution in [1.29, 1.82) is 0 Å². The van der Waals surface area contributed by atoms with Crippen LogP contribution < -0.4 is 0 Å². The van der Waals surface area contributed by atoms with E-state index in [9.17, 15) is 18.0 Å². The SMILES string of the molecule is Cc1ccc(-c2nc(C(F)(F)F)c(C(=O)O)s2)cn1. The maximum Gasteiger partial charge on any atom is 0.435 e. The molecular formula is C11H7F3N2O2S. The normalized spacial score (nSPS) is 11.6. The molecule has 2 heterocycles. The lowest BCUT2D eigenvalue weighted by Gasteiger charge is -2.02. The fraction of sp³-hybridized carbons (Fsp3) is 0.182. The summed E-state index contributed by atoms with van der Waals surface area (Å²) in [4.78, 5) is 17.3. The minimum absolute atomic E-state index is 0.0165. The maximum absolute atomic E-state index is 12.7. The third-order valence-corrected chi connectivity index (χ3v) is 3.34. The number of aryl methyl sites for hydroxylation is 1. The molecule has 2 rings (SSSR count). The lowest BCUT2D eigenvalue weighted by Crippen LogP contribution is -2.11. The van der Waals surface area contributed by atoms with Crippen LogP contribution in [0, 0.1) is 6.92 Å². The molecule has 0 radical (unpaired) electrons. The smallest absolute Gasteiger partial charge is 0.435 e. The summed E-state index contributed by atoms with van der Waals surface area (Å²) >= 11 is 0.483. The van der Waals surface area contributed by atoms with Gasteiger partial charge in [0.15, 0.2) is 5.69 Å². The van der Waals surface area contributed by atoms with Gasteiger partial charge in [-0.15, -0.1) is 11.3 Å². The van der Waals surface area contributed by atoms with Gasteiger partial charge in [-0.3, -0.25) is 4.98 Å². The van der Waals surface area contributed by atoms with Crippen molar-refractivity contribution in [3.63, 3.8) is 0 Å². The van der Waals surface area contributed by atoms with Gasteiger partial charge >= 0.3 is 12.1 Å². The van der Waals surface area contributed by atoms with Crippen molar-refractivity contribution in [2.45, 2.75) is 13.1 Å². The van der Waals surface area contributed by atoms with Gasteiger partial charge in [-0.2, -0.15) is 13.2 Å². The fourth-order valence-corrected chi connectivity index (χ4v) is 2.29. The van der Waals surface area contributed by atoms with Crippen LogP contribution in [0.5, 0.6) is 0 Å². The van der Waals surface area contributed by atoms with E-state index in [0.717, 1.165) is 0 Å². The van der Waals surface area contributed by atoms with E-state index in [-0.39, 0.29) is 5.01 Å². The molecule has 2 aromatic heterocycles. The van der Waals surface area contributed by atoms with E-state index in [2.05, 4.69) is 9.97 Å². The first-order valence-corrected chi connectivity index (χ1v) is 5.85. The highest BCUT2D eigenvalue weighted by molar-refractivity contribution is 7.17. The number of hydrogen-bond donors (Lipinski definition) is 1. The molecule has 0 fully saturated rings. The van der Waals surface area contributed by atoms with E-state index in [1.807, 2.05) is 0 Å². The van der Waals surface area contributed by atoms with Gasteiger partial charge in [-0.1, -0.05) is 0 Å². The summed E-state index contributed by atoms with van der Waals surface area (Å²) in [5.74, 6) is -1.64. The Morgan fingerprint density at radius 2 is 2.05 bits per heavy atom. The number of nitrogens with zero attached hydrogens (tertiary/aromatic N) is 2. The van der Waals surface area contributed by atoms with E-state index in [1.54, 1.807) is 19.1 Å². The zero-order chi connectivity index (χ0) is 14.2. The summed E-state index contributed by atoms with van der Waals surface area (Å²) in [5.41, 5.74) is -0.316. The lowest BCUT2D eigenvalue weighted by atomic mass is 10.2. The molecule has 0 aromatic carbocycles. The molecule has 19 heavy (non-hydrogen) atoms. The number of carboxylic acids is 1. The number of halogens is 3. The molecule has 0 amide bonds. The van der Waals surface area contributed by atoms with Crippen LogP contribution in [0.1, 0.15) is 21.1 Å². The minimum atomic E-state index is -4.79. The molecule has 1 N–H and O–H groups in total. The molecule has 0 atom stereocenters. The highest BCUT2D eigenvalue weighted by atomic mass is 32.1. The van der Waals surface area contributed by atoms with E-state index in [1.165, 1.54) is 6.20 Å². The molecule has 0 aliphatic heterocycles. The Balaban J connectivity index is 2.55. The zero-order valence-electron chi connectivity index (χ0n) is 9.52. The van der Waals surface area contributed by atoms with Crippen LogP contribution in [0.4, 0.5) is 13.2 Å². The number of alkyl halides is 3. The van der Waals surface area contributed by atoms with Crippen LogP contribution >= 0.6 is 11.3 Å². The zero-order valence-corrected chi connectivity index (χ0v) is 10.3. The average Bonchev–Trinajstić information content (AvgIpc) is 2.74. The standard InChI is InChI=1S/C11H7F3N2O2S/c1-5-2-3-6(4-15-5)9-16-8(11(12,13)14)7(19-9)10(17)18/h2-4H,1H3,(H,17,18). The molecule has 2 aromatic rings. The van der Waals surface area contributed by atoms with Crippen LogP contribution in [0.2, 0.25) is 0 Å². The molecule has 100 valence electrons. The molecule has 0 saturated heterocycles. The first-order chi connectivity index (χ1) is 8.79. The molecule has 0 unspecified atom stereocenters. The monoisotopic (exact) mass is 288 g/mol. The predicted octanol–water partition coefficient (Wildman–Crippen LogP) is 3.23. The Morgan fingerprint density at radius 1 is 1.37 bits per heavy atom. The van der Waals surface area contributed by atoms with Crippen LogP contribution in [0.15, 0.2) is 18.3 Å². The lowest BCUT2D eigenvalue weighted by molar-refractivity contribution is -0.141. The number of pyridine rings is 1. The number of carbonyl (C=O) groups is 1. The number of rotatable bonds is 2. The molecule has 0 bridgehead atoms. The number of aromatic nitrogens is 2. The van der Waals surface area contributed by atoms with Crippen LogP contribution in [-0.4, -0.2) is 21.0 Å². The number of thiazole rings is 1. The average molecular weight is 288 g/mol. The number of aromatic carboxylic acids is 1. The van der Waals surface area contributed by atoms with Gasteiger partial charge in [0.25, 0.3) is 0 Å². The van der Waals surface area contributed by atoms with Crippen LogP contribution in [-0.2, 0) is 6.18 Å². The van der Waals surface area contributed by atoms with Crippen molar-refractivity contribution in [1.82, 2.24) is 9.97 Å². The third kappa shape index (κ3) is 2.73. The van der Waals surface area contributed by atoms with Crippen molar-refractivity contribution in [2.24, 2.45) is 0 Å². The van der Waals surface area contributed by atoms with Gasteiger partial charge < -0.3 is 5.11 Å². The molecule has 4 nitrogen and oxygen atoms in total. The maximum atomic E-state index is 12.7. The quantitative estimate of drug-likeness (QED) is 0.921. The summed E-state index contributed by atoms with van der Waals surface area (Å²) in [5, 5.41) is 8.77. The van der Waals surface area contributed by atoms with Gasteiger partial charge in [0.1, 0.15) is 9.88 Å². The first kappa shape index (κ1) is 13.5. The molecule has 0 aliphatic carbocycles. The molecular weight excluding hydrogens is 281 g/mol. The second-order valence-corrected chi connectivity index (χ2v) is 4.69. The number of carboxylic acid groups (broad SMARTS) is 1. The number of hydrogen-bond acceptors (Lipinski definition) is 4. The topological polar surface area (TPSA) is 63.1 Å². The van der Waals surface area contributed by atoms with Crippen LogP contribution in [0.3, 0.4) is 0 Å².